The molecule has 3 aromatic rings. The third-order valence-corrected chi connectivity index (χ3v) is 3.19. The van der Waals surface area contributed by atoms with E-state index >= 15 is 0 Å². The predicted octanol–water partition coefficient (Wildman–Crippen LogP) is 3.31. The zero-order valence-corrected chi connectivity index (χ0v) is 11.6. The highest BCUT2D eigenvalue weighted by molar-refractivity contribution is 9.10. The summed E-state index contributed by atoms with van der Waals surface area (Å²) in [6.07, 6.45) is 3.53. The Hall–Kier alpha value is -1.95. The van der Waals surface area contributed by atoms with Gasteiger partial charge in [-0.2, -0.15) is 4.39 Å². The molecule has 6 heteroatoms. The van der Waals surface area contributed by atoms with Crippen molar-refractivity contribution in [1.29, 1.82) is 0 Å². The maximum absolute atomic E-state index is 13.8. The van der Waals surface area contributed by atoms with E-state index in [-0.39, 0.29) is 0 Å². The topological polar surface area (TPSA) is 39.4 Å². The minimum atomic E-state index is -0.551. The van der Waals surface area contributed by atoms with Gasteiger partial charge in [-0.25, -0.2) is 9.97 Å². The second-order valence-corrected chi connectivity index (χ2v) is 4.75. The first-order valence-electron chi connectivity index (χ1n) is 5.52. The summed E-state index contributed by atoms with van der Waals surface area (Å²) < 4.78 is 21.2. The highest BCUT2D eigenvalue weighted by atomic mass is 79.9. The van der Waals surface area contributed by atoms with Crippen molar-refractivity contribution in [3.05, 3.63) is 47.2 Å². The molecule has 4 nitrogen and oxygen atoms in total. The number of imidazole rings is 1. The monoisotopic (exact) mass is 321 g/mol. The van der Waals surface area contributed by atoms with Crippen molar-refractivity contribution in [2.75, 3.05) is 7.11 Å². The summed E-state index contributed by atoms with van der Waals surface area (Å²) in [5, 5.41) is 0. The van der Waals surface area contributed by atoms with Crippen LogP contribution in [0.15, 0.2) is 41.3 Å². The maximum atomic E-state index is 13.8. The first kappa shape index (κ1) is 12.1. The van der Waals surface area contributed by atoms with Crippen LogP contribution in [0.3, 0.4) is 0 Å². The number of ether oxygens (including phenoxy) is 1. The van der Waals surface area contributed by atoms with Crippen molar-refractivity contribution in [3.8, 4) is 17.0 Å². The lowest BCUT2D eigenvalue weighted by Crippen LogP contribution is -1.89. The average molecular weight is 322 g/mol. The molecule has 96 valence electrons. The van der Waals surface area contributed by atoms with Crippen LogP contribution in [0.5, 0.6) is 5.75 Å². The zero-order valence-electron chi connectivity index (χ0n) is 9.97. The lowest BCUT2D eigenvalue weighted by molar-refractivity contribution is 0.412. The van der Waals surface area contributed by atoms with E-state index in [0.29, 0.717) is 21.6 Å². The third kappa shape index (κ3) is 2.19. The number of hydrogen-bond acceptors (Lipinski definition) is 3. The maximum Gasteiger partial charge on any atom is 0.223 e. The van der Waals surface area contributed by atoms with Crippen LogP contribution in [0.1, 0.15) is 0 Å². The van der Waals surface area contributed by atoms with E-state index in [4.69, 9.17) is 4.74 Å². The molecular weight excluding hydrogens is 313 g/mol. The molecule has 0 saturated carbocycles. The number of nitrogens with zero attached hydrogens (tertiary/aromatic N) is 3. The quantitative estimate of drug-likeness (QED) is 0.680. The van der Waals surface area contributed by atoms with E-state index < -0.39 is 5.95 Å². The summed E-state index contributed by atoms with van der Waals surface area (Å²) in [7, 11) is 1.59. The van der Waals surface area contributed by atoms with Crippen molar-refractivity contribution in [2.45, 2.75) is 0 Å². The molecule has 0 saturated heterocycles. The first-order chi connectivity index (χ1) is 9.17. The van der Waals surface area contributed by atoms with Crippen LogP contribution in [-0.4, -0.2) is 21.5 Å². The largest absolute Gasteiger partial charge is 0.495 e. The Morgan fingerprint density at radius 1 is 1.16 bits per heavy atom. The van der Waals surface area contributed by atoms with Gasteiger partial charge in [0.25, 0.3) is 0 Å². The van der Waals surface area contributed by atoms with Gasteiger partial charge in [0.15, 0.2) is 0 Å². The van der Waals surface area contributed by atoms with Gasteiger partial charge in [-0.1, -0.05) is 0 Å². The Morgan fingerprint density at radius 3 is 2.74 bits per heavy atom. The van der Waals surface area contributed by atoms with Gasteiger partial charge in [0.1, 0.15) is 16.0 Å². The van der Waals surface area contributed by atoms with Crippen LogP contribution < -0.4 is 4.74 Å². The standard InChI is InChI=1S/C13H9BrFN3O/c1-19-8-2-5-12-16-10(7-18(12)6-8)9-3-4-11(14)17-13(9)15/h2-7H,1H3. The number of hydrogen-bond donors (Lipinski definition) is 0. The molecular formula is C13H9BrFN3O. The fourth-order valence-electron chi connectivity index (χ4n) is 1.83. The van der Waals surface area contributed by atoms with Gasteiger partial charge in [-0.3, -0.25) is 0 Å². The smallest absolute Gasteiger partial charge is 0.223 e. The fraction of sp³-hybridized carbons (Fsp3) is 0.0769. The Balaban J connectivity index is 2.14. The second kappa shape index (κ2) is 4.62. The molecule has 0 bridgehead atoms. The molecule has 3 heterocycles. The minimum Gasteiger partial charge on any atom is -0.495 e. The molecule has 0 radical (unpaired) electrons. The molecule has 3 rings (SSSR count). The van der Waals surface area contributed by atoms with E-state index in [0.717, 1.165) is 5.65 Å². The van der Waals surface area contributed by atoms with Gasteiger partial charge < -0.3 is 9.14 Å². The molecule has 0 aliphatic heterocycles. The van der Waals surface area contributed by atoms with Crippen molar-refractivity contribution < 1.29 is 9.13 Å². The Morgan fingerprint density at radius 2 is 2.00 bits per heavy atom. The van der Waals surface area contributed by atoms with Crippen LogP contribution in [-0.2, 0) is 0 Å². The number of pyridine rings is 2. The van der Waals surface area contributed by atoms with Crippen LogP contribution in [0.2, 0.25) is 0 Å². The summed E-state index contributed by atoms with van der Waals surface area (Å²) in [5.74, 6) is 0.163. The Labute approximate surface area is 117 Å². The minimum absolute atomic E-state index is 0.367. The fourth-order valence-corrected chi connectivity index (χ4v) is 2.11. The zero-order chi connectivity index (χ0) is 13.4. The molecule has 0 aromatic carbocycles. The average Bonchev–Trinajstić information content (AvgIpc) is 2.80. The van der Waals surface area contributed by atoms with E-state index in [9.17, 15) is 4.39 Å². The van der Waals surface area contributed by atoms with E-state index in [2.05, 4.69) is 25.9 Å². The summed E-state index contributed by atoms with van der Waals surface area (Å²) >= 11 is 3.13. The number of rotatable bonds is 2. The molecule has 0 amide bonds. The second-order valence-electron chi connectivity index (χ2n) is 3.93. The molecule has 0 atom stereocenters. The van der Waals surface area contributed by atoms with Crippen LogP contribution in [0.25, 0.3) is 16.9 Å². The van der Waals surface area contributed by atoms with Crippen molar-refractivity contribution >= 4 is 21.6 Å². The molecule has 0 aliphatic carbocycles. The number of fused-ring (bicyclic) bond motifs is 1. The summed E-state index contributed by atoms with van der Waals surface area (Å²) in [4.78, 5) is 8.09. The molecule has 3 aromatic heterocycles. The molecule has 0 aliphatic rings. The number of aromatic nitrogens is 3. The molecule has 19 heavy (non-hydrogen) atoms. The van der Waals surface area contributed by atoms with Crippen molar-refractivity contribution in [1.82, 2.24) is 14.4 Å². The lowest BCUT2D eigenvalue weighted by Gasteiger charge is -1.98. The van der Waals surface area contributed by atoms with Gasteiger partial charge in [-0.15, -0.1) is 0 Å². The molecule has 0 N–H and O–H groups in total. The molecule has 0 fully saturated rings. The summed E-state index contributed by atoms with van der Waals surface area (Å²) in [5.41, 5.74) is 1.62. The van der Waals surface area contributed by atoms with Gasteiger partial charge in [0.05, 0.1) is 24.6 Å². The van der Waals surface area contributed by atoms with Crippen molar-refractivity contribution in [3.63, 3.8) is 0 Å². The van der Waals surface area contributed by atoms with Crippen LogP contribution >= 0.6 is 15.9 Å². The lowest BCUT2D eigenvalue weighted by atomic mass is 10.2. The molecule has 0 unspecified atom stereocenters. The number of methoxy groups -OCH3 is 1. The SMILES string of the molecule is COc1ccc2nc(-c3ccc(Br)nc3F)cn2c1. The van der Waals surface area contributed by atoms with Gasteiger partial charge in [0, 0.05) is 6.20 Å². The Bertz CT molecular complexity index is 757. The van der Waals surface area contributed by atoms with Gasteiger partial charge in [0.2, 0.25) is 5.95 Å². The first-order valence-corrected chi connectivity index (χ1v) is 6.32. The predicted molar refractivity (Wildman–Crippen MR) is 72.6 cm³/mol. The third-order valence-electron chi connectivity index (χ3n) is 2.75. The highest BCUT2D eigenvalue weighted by Gasteiger charge is 2.11. The highest BCUT2D eigenvalue weighted by Crippen LogP contribution is 2.24. The normalized spacial score (nSPS) is 10.9. The van der Waals surface area contributed by atoms with Crippen LogP contribution in [0.4, 0.5) is 4.39 Å². The van der Waals surface area contributed by atoms with Crippen LogP contribution in [0, 0.1) is 5.95 Å². The number of halogens is 2. The van der Waals surface area contributed by atoms with E-state index in [1.165, 1.54) is 0 Å². The van der Waals surface area contributed by atoms with Gasteiger partial charge in [-0.05, 0) is 40.2 Å². The van der Waals surface area contributed by atoms with E-state index in [1.807, 2.05) is 12.1 Å². The van der Waals surface area contributed by atoms with E-state index in [1.54, 1.807) is 36.0 Å². The van der Waals surface area contributed by atoms with Gasteiger partial charge >= 0.3 is 0 Å². The summed E-state index contributed by atoms with van der Waals surface area (Å²) in [6.45, 7) is 0. The molecule has 0 spiro atoms. The van der Waals surface area contributed by atoms with Crippen molar-refractivity contribution in [2.24, 2.45) is 0 Å². The summed E-state index contributed by atoms with van der Waals surface area (Å²) in [6, 6.07) is 6.95. The Kier molecular flexibility index (Phi) is 2.94.